The van der Waals surface area contributed by atoms with Gasteiger partial charge in [-0.1, -0.05) is 11.8 Å². The lowest BCUT2D eigenvalue weighted by Crippen LogP contribution is -2.12. The van der Waals surface area contributed by atoms with Crippen LogP contribution in [0, 0.1) is 0 Å². The van der Waals surface area contributed by atoms with Crippen molar-refractivity contribution in [1.82, 2.24) is 9.78 Å². The van der Waals surface area contributed by atoms with E-state index in [-0.39, 0.29) is 5.91 Å². The number of hydrogen-bond donors (Lipinski definition) is 1. The molecule has 0 saturated heterocycles. The Kier molecular flexibility index (Phi) is 5.89. The van der Waals surface area contributed by atoms with Gasteiger partial charge < -0.3 is 14.8 Å². The molecule has 1 aliphatic rings. The van der Waals surface area contributed by atoms with Crippen LogP contribution in [0.1, 0.15) is 16.8 Å². The van der Waals surface area contributed by atoms with E-state index in [1.807, 2.05) is 18.2 Å². The number of aryl methyl sites for hydroxylation is 1. The van der Waals surface area contributed by atoms with Crippen molar-refractivity contribution in [1.29, 1.82) is 0 Å². The van der Waals surface area contributed by atoms with Gasteiger partial charge in [-0.2, -0.15) is 13.9 Å². The van der Waals surface area contributed by atoms with E-state index in [0.717, 1.165) is 12.0 Å². The lowest BCUT2D eigenvalue weighted by molar-refractivity contribution is 0.102. The predicted molar refractivity (Wildman–Crippen MR) is 111 cm³/mol. The number of ether oxygens (including phenoxy) is 2. The van der Waals surface area contributed by atoms with Crippen LogP contribution in [0.2, 0.25) is 0 Å². The second-order valence-electron chi connectivity index (χ2n) is 6.63. The molecular weight excluding hydrogens is 412 g/mol. The van der Waals surface area contributed by atoms with E-state index in [2.05, 4.69) is 10.4 Å². The summed E-state index contributed by atoms with van der Waals surface area (Å²) < 4.78 is 37.9. The minimum absolute atomic E-state index is 0.348. The molecule has 0 aliphatic carbocycles. The fourth-order valence-corrected chi connectivity index (χ4v) is 3.60. The fourth-order valence-electron chi connectivity index (χ4n) is 3.10. The lowest BCUT2D eigenvalue weighted by Gasteiger charge is -2.10. The zero-order valence-corrected chi connectivity index (χ0v) is 16.9. The van der Waals surface area contributed by atoms with E-state index >= 15 is 0 Å². The Morgan fingerprint density at radius 3 is 2.60 bits per heavy atom. The molecule has 156 valence electrons. The van der Waals surface area contributed by atoms with E-state index in [1.165, 1.54) is 0 Å². The van der Waals surface area contributed by atoms with Gasteiger partial charge in [-0.05, 0) is 42.5 Å². The summed E-state index contributed by atoms with van der Waals surface area (Å²) >= 11 is 0.457. The normalized spacial score (nSPS) is 13.2. The van der Waals surface area contributed by atoms with Gasteiger partial charge in [-0.3, -0.25) is 9.48 Å². The molecule has 0 atom stereocenters. The monoisotopic (exact) mass is 431 g/mol. The summed E-state index contributed by atoms with van der Waals surface area (Å²) in [6.07, 6.45) is 2.44. The minimum atomic E-state index is -2.49. The number of halogens is 2. The highest BCUT2D eigenvalue weighted by Crippen LogP contribution is 2.35. The molecule has 9 heteroatoms. The summed E-state index contributed by atoms with van der Waals surface area (Å²) in [7, 11) is 1.74. The number of fused-ring (bicyclic) bond motifs is 1. The van der Waals surface area contributed by atoms with Crippen molar-refractivity contribution in [2.45, 2.75) is 17.1 Å². The number of carbonyl (C=O) groups is 1. The molecule has 3 aromatic rings. The minimum Gasteiger partial charge on any atom is -0.490 e. The first-order valence-corrected chi connectivity index (χ1v) is 10.2. The van der Waals surface area contributed by atoms with Gasteiger partial charge in [0.25, 0.3) is 11.7 Å². The van der Waals surface area contributed by atoms with Crippen LogP contribution < -0.4 is 14.8 Å². The number of anilines is 1. The first-order chi connectivity index (χ1) is 14.5. The highest BCUT2D eigenvalue weighted by atomic mass is 32.2. The summed E-state index contributed by atoms with van der Waals surface area (Å²) in [5, 5.41) is 7.23. The Bertz CT molecular complexity index is 1050. The Morgan fingerprint density at radius 1 is 1.13 bits per heavy atom. The van der Waals surface area contributed by atoms with Crippen LogP contribution in [0.15, 0.2) is 53.6 Å². The number of thioether (sulfide) groups is 1. The van der Waals surface area contributed by atoms with Crippen LogP contribution in [0.5, 0.6) is 11.5 Å². The quantitative estimate of drug-likeness (QED) is 0.587. The molecule has 2 heterocycles. The SMILES string of the molecule is Cn1cc(C(=O)Nc2ccc(SC(F)F)cc2)c(-c2ccc3c(c2)OCCCO3)n1. The highest BCUT2D eigenvalue weighted by Gasteiger charge is 2.20. The molecule has 1 N–H and O–H groups in total. The maximum absolute atomic E-state index is 12.9. The number of alkyl halides is 2. The molecule has 2 aromatic carbocycles. The Hall–Kier alpha value is -3.07. The van der Waals surface area contributed by atoms with Crippen molar-refractivity contribution >= 4 is 23.4 Å². The van der Waals surface area contributed by atoms with Crippen molar-refractivity contribution in [2.75, 3.05) is 18.5 Å². The van der Waals surface area contributed by atoms with Gasteiger partial charge in [-0.25, -0.2) is 0 Å². The molecular formula is C21H19F2N3O3S. The maximum Gasteiger partial charge on any atom is 0.288 e. The molecule has 1 aliphatic heterocycles. The Labute approximate surface area is 176 Å². The van der Waals surface area contributed by atoms with Gasteiger partial charge in [0, 0.05) is 35.8 Å². The Balaban J connectivity index is 1.57. The number of aromatic nitrogens is 2. The van der Waals surface area contributed by atoms with E-state index in [4.69, 9.17) is 9.47 Å². The summed E-state index contributed by atoms with van der Waals surface area (Å²) in [5.74, 6) is -1.55. The summed E-state index contributed by atoms with van der Waals surface area (Å²) in [5.41, 5.74) is 2.13. The third kappa shape index (κ3) is 4.56. The van der Waals surface area contributed by atoms with Crippen LogP contribution in [0.4, 0.5) is 14.5 Å². The molecule has 0 saturated carbocycles. The van der Waals surface area contributed by atoms with E-state index in [1.54, 1.807) is 42.2 Å². The molecule has 4 rings (SSSR count). The van der Waals surface area contributed by atoms with Crippen molar-refractivity contribution in [3.05, 3.63) is 54.2 Å². The van der Waals surface area contributed by atoms with Crippen molar-refractivity contribution in [3.63, 3.8) is 0 Å². The zero-order valence-electron chi connectivity index (χ0n) is 16.1. The van der Waals surface area contributed by atoms with Crippen LogP contribution in [-0.4, -0.2) is 34.7 Å². The number of benzene rings is 2. The molecule has 6 nitrogen and oxygen atoms in total. The maximum atomic E-state index is 12.9. The van der Waals surface area contributed by atoms with E-state index in [0.29, 0.717) is 58.3 Å². The molecule has 0 unspecified atom stereocenters. The number of rotatable bonds is 5. The molecule has 0 bridgehead atoms. The summed E-state index contributed by atoms with van der Waals surface area (Å²) in [6, 6.07) is 11.7. The first-order valence-electron chi connectivity index (χ1n) is 9.29. The molecule has 0 fully saturated rings. The van der Waals surface area contributed by atoms with Gasteiger partial charge >= 0.3 is 0 Å². The van der Waals surface area contributed by atoms with E-state index < -0.39 is 5.76 Å². The van der Waals surface area contributed by atoms with Crippen molar-refractivity contribution in [2.24, 2.45) is 7.05 Å². The second-order valence-corrected chi connectivity index (χ2v) is 7.70. The van der Waals surface area contributed by atoms with Gasteiger partial charge in [0.15, 0.2) is 11.5 Å². The van der Waals surface area contributed by atoms with Gasteiger partial charge in [-0.15, -0.1) is 0 Å². The number of carbonyl (C=O) groups excluding carboxylic acids is 1. The van der Waals surface area contributed by atoms with Crippen molar-refractivity contribution < 1.29 is 23.0 Å². The average Bonchev–Trinajstić information content (AvgIpc) is 2.96. The molecule has 1 aromatic heterocycles. The molecule has 1 amide bonds. The number of nitrogens with zero attached hydrogens (tertiary/aromatic N) is 2. The third-order valence-electron chi connectivity index (χ3n) is 4.43. The fraction of sp³-hybridized carbons (Fsp3) is 0.238. The average molecular weight is 431 g/mol. The summed E-state index contributed by atoms with van der Waals surface area (Å²) in [6.45, 7) is 1.16. The van der Waals surface area contributed by atoms with Crippen LogP contribution >= 0.6 is 11.8 Å². The topological polar surface area (TPSA) is 65.4 Å². The zero-order chi connectivity index (χ0) is 21.1. The van der Waals surface area contributed by atoms with Gasteiger partial charge in [0.1, 0.15) is 5.69 Å². The van der Waals surface area contributed by atoms with Crippen LogP contribution in [0.25, 0.3) is 11.3 Å². The molecule has 0 spiro atoms. The largest absolute Gasteiger partial charge is 0.490 e. The van der Waals surface area contributed by atoms with Crippen LogP contribution in [0.3, 0.4) is 0 Å². The third-order valence-corrected chi connectivity index (χ3v) is 5.15. The first kappa shape index (κ1) is 20.2. The van der Waals surface area contributed by atoms with Gasteiger partial charge in [0.05, 0.1) is 18.8 Å². The number of hydrogen-bond acceptors (Lipinski definition) is 5. The van der Waals surface area contributed by atoms with E-state index in [9.17, 15) is 13.6 Å². The standard InChI is InChI=1S/C21H19F2N3O3S/c1-26-12-16(20(27)24-14-4-6-15(7-5-14)30-21(22)23)19(25-26)13-3-8-17-18(11-13)29-10-2-9-28-17/h3-8,11-12,21H,2,9-10H2,1H3,(H,24,27). The predicted octanol–water partition coefficient (Wildman–Crippen LogP) is 4.82. The smallest absolute Gasteiger partial charge is 0.288 e. The summed E-state index contributed by atoms with van der Waals surface area (Å²) in [4.78, 5) is 13.3. The Morgan fingerprint density at radius 2 is 1.87 bits per heavy atom. The lowest BCUT2D eigenvalue weighted by atomic mass is 10.1. The number of nitrogens with one attached hydrogen (secondary N) is 1. The number of amides is 1. The molecule has 0 radical (unpaired) electrons. The van der Waals surface area contributed by atoms with Crippen LogP contribution in [-0.2, 0) is 7.05 Å². The highest BCUT2D eigenvalue weighted by molar-refractivity contribution is 7.99. The molecule has 30 heavy (non-hydrogen) atoms. The van der Waals surface area contributed by atoms with Gasteiger partial charge in [0.2, 0.25) is 0 Å². The van der Waals surface area contributed by atoms with Crippen molar-refractivity contribution in [3.8, 4) is 22.8 Å². The second kappa shape index (κ2) is 8.74.